The van der Waals surface area contributed by atoms with Gasteiger partial charge in [-0.25, -0.2) is 4.98 Å². The molecule has 1 rings (SSSR count). The van der Waals surface area contributed by atoms with Crippen molar-refractivity contribution in [2.75, 3.05) is 13.7 Å². The molecule has 0 fully saturated rings. The normalized spacial score (nSPS) is 11.4. The highest BCUT2D eigenvalue weighted by molar-refractivity contribution is 7.09. The average molecular weight is 214 g/mol. The first-order chi connectivity index (χ1) is 6.56. The Balaban J connectivity index is 2.63. The van der Waals surface area contributed by atoms with Crippen molar-refractivity contribution in [1.82, 2.24) is 10.3 Å². The molecule has 1 aromatic rings. The number of hydrogen-bond acceptors (Lipinski definition) is 4. The van der Waals surface area contributed by atoms with Gasteiger partial charge in [0, 0.05) is 18.7 Å². The van der Waals surface area contributed by atoms with Gasteiger partial charge in [-0.3, -0.25) is 4.79 Å². The molecule has 0 bridgehead atoms. The fraction of sp³-hybridized carbons (Fsp3) is 0.556. The fourth-order valence-electron chi connectivity index (χ4n) is 1.10. The molecule has 4 nitrogen and oxygen atoms in total. The lowest BCUT2D eigenvalue weighted by atomic mass is 10.1. The summed E-state index contributed by atoms with van der Waals surface area (Å²) in [5.74, 6) is -0.132. The zero-order chi connectivity index (χ0) is 10.6. The number of nitrogens with one attached hydrogen (secondary N) is 1. The molecule has 0 aliphatic carbocycles. The summed E-state index contributed by atoms with van der Waals surface area (Å²) in [6, 6.07) is 0. The van der Waals surface area contributed by atoms with Crippen LogP contribution >= 0.6 is 11.3 Å². The summed E-state index contributed by atoms with van der Waals surface area (Å²) in [7, 11) is 1.50. The Morgan fingerprint density at radius 1 is 1.71 bits per heavy atom. The van der Waals surface area contributed by atoms with Crippen LogP contribution in [0, 0.1) is 0 Å². The van der Waals surface area contributed by atoms with Gasteiger partial charge in [0.05, 0.1) is 5.54 Å². The van der Waals surface area contributed by atoms with Gasteiger partial charge in [-0.15, -0.1) is 11.3 Å². The maximum atomic E-state index is 11.3. The first kappa shape index (κ1) is 11.1. The monoisotopic (exact) mass is 214 g/mol. The number of amides is 1. The molecule has 14 heavy (non-hydrogen) atoms. The van der Waals surface area contributed by atoms with Crippen LogP contribution in [0.2, 0.25) is 0 Å². The highest BCUT2D eigenvalue weighted by atomic mass is 32.1. The van der Waals surface area contributed by atoms with E-state index in [1.54, 1.807) is 6.20 Å². The van der Waals surface area contributed by atoms with E-state index in [0.717, 1.165) is 5.01 Å². The van der Waals surface area contributed by atoms with Crippen LogP contribution < -0.4 is 5.32 Å². The Labute approximate surface area is 87.3 Å². The van der Waals surface area contributed by atoms with E-state index in [4.69, 9.17) is 4.74 Å². The van der Waals surface area contributed by atoms with Gasteiger partial charge < -0.3 is 10.1 Å². The lowest BCUT2D eigenvalue weighted by molar-refractivity contribution is -0.126. The Hall–Kier alpha value is -0.940. The minimum absolute atomic E-state index is 0.0782. The summed E-state index contributed by atoms with van der Waals surface area (Å²) < 4.78 is 4.74. The van der Waals surface area contributed by atoms with E-state index in [-0.39, 0.29) is 12.5 Å². The van der Waals surface area contributed by atoms with Crippen molar-refractivity contribution < 1.29 is 9.53 Å². The number of ether oxygens (including phenoxy) is 1. The van der Waals surface area contributed by atoms with Crippen molar-refractivity contribution in [1.29, 1.82) is 0 Å². The molecule has 0 saturated carbocycles. The first-order valence-electron chi connectivity index (χ1n) is 4.26. The van der Waals surface area contributed by atoms with Crippen LogP contribution in [0.4, 0.5) is 0 Å². The predicted molar refractivity (Wildman–Crippen MR) is 55.2 cm³/mol. The maximum absolute atomic E-state index is 11.3. The second-order valence-corrected chi connectivity index (χ2v) is 4.34. The highest BCUT2D eigenvalue weighted by Crippen LogP contribution is 2.21. The number of carbonyl (C=O) groups is 1. The number of rotatable bonds is 4. The Morgan fingerprint density at radius 2 is 2.43 bits per heavy atom. The summed E-state index contributed by atoms with van der Waals surface area (Å²) >= 11 is 1.52. The number of aromatic nitrogens is 1. The van der Waals surface area contributed by atoms with Gasteiger partial charge in [0.1, 0.15) is 11.6 Å². The molecule has 0 aliphatic rings. The molecule has 1 heterocycles. The largest absolute Gasteiger partial charge is 0.375 e. The molecule has 0 atom stereocenters. The lowest BCUT2D eigenvalue weighted by Gasteiger charge is -2.23. The standard InChI is InChI=1S/C9H14N2O2S/c1-9(2,8-10-4-5-14-8)11-7(12)6-13-3/h4-5H,6H2,1-3H3,(H,11,12). The van der Waals surface area contributed by atoms with Gasteiger partial charge in [-0.2, -0.15) is 0 Å². The minimum Gasteiger partial charge on any atom is -0.375 e. The zero-order valence-corrected chi connectivity index (χ0v) is 9.35. The summed E-state index contributed by atoms with van der Waals surface area (Å²) in [5, 5.41) is 5.62. The van der Waals surface area contributed by atoms with E-state index in [2.05, 4.69) is 10.3 Å². The first-order valence-corrected chi connectivity index (χ1v) is 5.14. The number of thiazole rings is 1. The Morgan fingerprint density at radius 3 is 2.93 bits per heavy atom. The van der Waals surface area contributed by atoms with E-state index >= 15 is 0 Å². The third-order valence-electron chi connectivity index (χ3n) is 1.69. The van der Waals surface area contributed by atoms with Crippen LogP contribution in [-0.4, -0.2) is 24.6 Å². The molecule has 1 aromatic heterocycles. The van der Waals surface area contributed by atoms with Crippen molar-refractivity contribution in [3.05, 3.63) is 16.6 Å². The summed E-state index contributed by atoms with van der Waals surface area (Å²) in [4.78, 5) is 15.5. The van der Waals surface area contributed by atoms with Crippen LogP contribution in [0.5, 0.6) is 0 Å². The van der Waals surface area contributed by atoms with E-state index in [1.807, 2.05) is 19.2 Å². The van der Waals surface area contributed by atoms with Gasteiger partial charge in [0.15, 0.2) is 0 Å². The van der Waals surface area contributed by atoms with Crippen molar-refractivity contribution in [2.45, 2.75) is 19.4 Å². The van der Waals surface area contributed by atoms with Crippen LogP contribution in [0.25, 0.3) is 0 Å². The van der Waals surface area contributed by atoms with E-state index in [0.29, 0.717) is 0 Å². The molecule has 0 aliphatic heterocycles. The van der Waals surface area contributed by atoms with Crippen LogP contribution in [0.3, 0.4) is 0 Å². The molecule has 0 unspecified atom stereocenters. The van der Waals surface area contributed by atoms with Crippen LogP contribution in [0.1, 0.15) is 18.9 Å². The Kier molecular flexibility index (Phi) is 3.60. The molecular weight excluding hydrogens is 200 g/mol. The number of hydrogen-bond donors (Lipinski definition) is 1. The van der Waals surface area contributed by atoms with Gasteiger partial charge in [0.25, 0.3) is 0 Å². The molecule has 1 amide bonds. The molecule has 0 saturated heterocycles. The quantitative estimate of drug-likeness (QED) is 0.817. The van der Waals surface area contributed by atoms with E-state index in [9.17, 15) is 4.79 Å². The SMILES string of the molecule is COCC(=O)NC(C)(C)c1nccs1. The van der Waals surface area contributed by atoms with Crippen molar-refractivity contribution >= 4 is 17.2 Å². The van der Waals surface area contributed by atoms with Gasteiger partial charge in [0.2, 0.25) is 5.91 Å². The van der Waals surface area contributed by atoms with Crippen molar-refractivity contribution in [3.63, 3.8) is 0 Å². The summed E-state index contributed by atoms with van der Waals surface area (Å²) in [5.41, 5.74) is -0.427. The zero-order valence-electron chi connectivity index (χ0n) is 8.53. The van der Waals surface area contributed by atoms with E-state index < -0.39 is 5.54 Å². The number of carbonyl (C=O) groups excluding carboxylic acids is 1. The topological polar surface area (TPSA) is 51.2 Å². The highest BCUT2D eigenvalue weighted by Gasteiger charge is 2.24. The molecule has 5 heteroatoms. The maximum Gasteiger partial charge on any atom is 0.246 e. The number of methoxy groups -OCH3 is 1. The molecule has 0 aromatic carbocycles. The third kappa shape index (κ3) is 2.78. The molecule has 0 spiro atoms. The fourth-order valence-corrected chi connectivity index (χ4v) is 1.82. The Bertz CT molecular complexity index is 296. The van der Waals surface area contributed by atoms with Crippen LogP contribution in [-0.2, 0) is 15.1 Å². The molecule has 1 N–H and O–H groups in total. The van der Waals surface area contributed by atoms with Gasteiger partial charge >= 0.3 is 0 Å². The second-order valence-electron chi connectivity index (χ2n) is 3.44. The van der Waals surface area contributed by atoms with Gasteiger partial charge in [-0.1, -0.05) is 0 Å². The van der Waals surface area contributed by atoms with Crippen molar-refractivity contribution in [3.8, 4) is 0 Å². The predicted octanol–water partition coefficient (Wildman–Crippen LogP) is 1.14. The average Bonchev–Trinajstić information content (AvgIpc) is 2.54. The minimum atomic E-state index is -0.427. The number of nitrogens with zero attached hydrogens (tertiary/aromatic N) is 1. The summed E-state index contributed by atoms with van der Waals surface area (Å²) in [6.07, 6.45) is 1.73. The second kappa shape index (κ2) is 4.52. The smallest absolute Gasteiger partial charge is 0.246 e. The van der Waals surface area contributed by atoms with Crippen molar-refractivity contribution in [2.24, 2.45) is 0 Å². The summed E-state index contributed by atoms with van der Waals surface area (Å²) in [6.45, 7) is 3.91. The third-order valence-corrected chi connectivity index (χ3v) is 2.79. The molecule has 0 radical (unpaired) electrons. The van der Waals surface area contributed by atoms with E-state index in [1.165, 1.54) is 18.4 Å². The molecule has 78 valence electrons. The lowest BCUT2D eigenvalue weighted by Crippen LogP contribution is -2.42. The van der Waals surface area contributed by atoms with Crippen LogP contribution in [0.15, 0.2) is 11.6 Å². The molecular formula is C9H14N2O2S. The van der Waals surface area contributed by atoms with Gasteiger partial charge in [-0.05, 0) is 13.8 Å².